The Morgan fingerprint density at radius 2 is 1.81 bits per heavy atom. The van der Waals surface area contributed by atoms with Crippen molar-refractivity contribution in [3.8, 4) is 0 Å². The van der Waals surface area contributed by atoms with Crippen molar-refractivity contribution in [3.05, 3.63) is 94.1 Å². The van der Waals surface area contributed by atoms with Gasteiger partial charge in [-0.3, -0.25) is 9.59 Å². The van der Waals surface area contributed by atoms with E-state index in [9.17, 15) is 14.0 Å². The molecule has 0 spiro atoms. The molecule has 1 saturated carbocycles. The van der Waals surface area contributed by atoms with Crippen LogP contribution in [0.3, 0.4) is 0 Å². The average molecular weight is 504 g/mol. The van der Waals surface area contributed by atoms with Crippen molar-refractivity contribution in [2.24, 2.45) is 0 Å². The van der Waals surface area contributed by atoms with Crippen LogP contribution in [0.4, 0.5) is 4.39 Å². The van der Waals surface area contributed by atoms with Crippen molar-refractivity contribution in [1.82, 2.24) is 15.2 Å². The number of para-hydroxylation sites is 1. The second-order valence-electron chi connectivity index (χ2n) is 9.43. The van der Waals surface area contributed by atoms with Crippen LogP contribution in [0.25, 0.3) is 10.9 Å². The van der Waals surface area contributed by atoms with Crippen LogP contribution in [0.15, 0.2) is 72.2 Å². The summed E-state index contributed by atoms with van der Waals surface area (Å²) < 4.78 is 13.8. The Morgan fingerprint density at radius 3 is 2.56 bits per heavy atom. The Morgan fingerprint density at radius 1 is 1.03 bits per heavy atom. The van der Waals surface area contributed by atoms with Crippen LogP contribution in [-0.2, 0) is 22.6 Å². The number of nitrogens with one attached hydrogen (secondary N) is 2. The molecule has 4 aromatic rings. The fourth-order valence-corrected chi connectivity index (χ4v) is 5.78. The standard InChI is InChI=1S/C29H30FN3O2S/c30-22-14-12-20(13-15-22)28(29(35)32-23-7-2-1-3-8-23)33(19-24-9-6-16-36-24)27(34)17-21-18-31-26-11-5-4-10-25(21)26/h4-6,9-16,18,23,28,31H,1-3,7-8,17,19H2,(H,32,35)/t28-/m0/s1. The van der Waals surface area contributed by atoms with E-state index in [0.29, 0.717) is 12.1 Å². The number of rotatable bonds is 8. The number of hydrogen-bond acceptors (Lipinski definition) is 3. The smallest absolute Gasteiger partial charge is 0.247 e. The maximum atomic E-state index is 13.9. The maximum absolute atomic E-state index is 13.9. The van der Waals surface area contributed by atoms with E-state index >= 15 is 0 Å². The number of aromatic nitrogens is 1. The van der Waals surface area contributed by atoms with Gasteiger partial charge in [0.1, 0.15) is 11.9 Å². The van der Waals surface area contributed by atoms with Crippen LogP contribution in [0, 0.1) is 5.82 Å². The summed E-state index contributed by atoms with van der Waals surface area (Å²) in [7, 11) is 0. The van der Waals surface area contributed by atoms with Gasteiger partial charge in [0.25, 0.3) is 0 Å². The summed E-state index contributed by atoms with van der Waals surface area (Å²) in [5.41, 5.74) is 2.46. The van der Waals surface area contributed by atoms with Crippen LogP contribution in [-0.4, -0.2) is 27.7 Å². The van der Waals surface area contributed by atoms with Crippen LogP contribution in [0.1, 0.15) is 54.1 Å². The number of hydrogen-bond donors (Lipinski definition) is 2. The molecule has 2 aromatic heterocycles. The second-order valence-corrected chi connectivity index (χ2v) is 10.5. The zero-order valence-corrected chi connectivity index (χ0v) is 20.9. The molecule has 1 atom stereocenters. The Balaban J connectivity index is 1.49. The van der Waals surface area contributed by atoms with Gasteiger partial charge in [-0.05, 0) is 53.6 Å². The highest BCUT2D eigenvalue weighted by Gasteiger charge is 2.33. The van der Waals surface area contributed by atoms with Gasteiger partial charge in [0, 0.05) is 28.0 Å². The molecule has 7 heteroatoms. The molecule has 2 N–H and O–H groups in total. The first kappa shape index (κ1) is 24.3. The van der Waals surface area contributed by atoms with E-state index in [-0.39, 0.29) is 30.1 Å². The number of amides is 2. The number of carbonyl (C=O) groups is 2. The Bertz CT molecular complexity index is 1310. The SMILES string of the molecule is O=C(NC1CCCCC1)[C@H](c1ccc(F)cc1)N(Cc1cccs1)C(=O)Cc1c[nH]c2ccccc12. The van der Waals surface area contributed by atoms with E-state index in [1.807, 2.05) is 48.0 Å². The molecule has 2 heterocycles. The van der Waals surface area contributed by atoms with Crippen molar-refractivity contribution < 1.29 is 14.0 Å². The van der Waals surface area contributed by atoms with Crippen LogP contribution >= 0.6 is 11.3 Å². The highest BCUT2D eigenvalue weighted by atomic mass is 32.1. The normalized spacial score (nSPS) is 15.0. The molecule has 1 fully saturated rings. The minimum Gasteiger partial charge on any atom is -0.361 e. The van der Waals surface area contributed by atoms with Crippen molar-refractivity contribution in [3.63, 3.8) is 0 Å². The fourth-order valence-electron chi connectivity index (χ4n) is 5.08. The monoisotopic (exact) mass is 503 g/mol. The van der Waals surface area contributed by atoms with Crippen LogP contribution < -0.4 is 5.32 Å². The van der Waals surface area contributed by atoms with E-state index < -0.39 is 6.04 Å². The lowest BCUT2D eigenvalue weighted by Crippen LogP contribution is -2.47. The summed E-state index contributed by atoms with van der Waals surface area (Å²) in [6, 6.07) is 17.0. The quantitative estimate of drug-likeness (QED) is 0.304. The highest BCUT2D eigenvalue weighted by Crippen LogP contribution is 2.29. The number of nitrogens with zero attached hydrogens (tertiary/aromatic N) is 1. The third-order valence-corrected chi connectivity index (χ3v) is 7.80. The molecule has 5 nitrogen and oxygen atoms in total. The third kappa shape index (κ3) is 5.51. The van der Waals surface area contributed by atoms with Gasteiger partial charge in [-0.25, -0.2) is 4.39 Å². The molecular formula is C29H30FN3O2S. The van der Waals surface area contributed by atoms with Crippen molar-refractivity contribution in [2.45, 2.75) is 57.2 Å². The molecule has 5 rings (SSSR count). The number of benzene rings is 2. The summed E-state index contributed by atoms with van der Waals surface area (Å²) >= 11 is 1.55. The first-order valence-corrected chi connectivity index (χ1v) is 13.4. The Kier molecular flexibility index (Phi) is 7.47. The molecule has 1 aliphatic carbocycles. The highest BCUT2D eigenvalue weighted by molar-refractivity contribution is 7.09. The van der Waals surface area contributed by atoms with E-state index in [2.05, 4.69) is 10.3 Å². The molecular weight excluding hydrogens is 473 g/mol. The molecule has 2 amide bonds. The third-order valence-electron chi connectivity index (χ3n) is 6.94. The number of carbonyl (C=O) groups excluding carboxylic acids is 2. The predicted molar refractivity (Wildman–Crippen MR) is 141 cm³/mol. The minimum atomic E-state index is -0.854. The molecule has 36 heavy (non-hydrogen) atoms. The molecule has 0 saturated heterocycles. The molecule has 186 valence electrons. The number of fused-ring (bicyclic) bond motifs is 1. The summed E-state index contributed by atoms with van der Waals surface area (Å²) in [6.07, 6.45) is 7.26. The Hall–Kier alpha value is -3.45. The first-order chi connectivity index (χ1) is 17.6. The summed E-state index contributed by atoms with van der Waals surface area (Å²) in [4.78, 5) is 33.6. The van der Waals surface area contributed by atoms with Gasteiger partial charge in [-0.1, -0.05) is 55.7 Å². The van der Waals surface area contributed by atoms with Crippen molar-refractivity contribution in [1.29, 1.82) is 0 Å². The van der Waals surface area contributed by atoms with Gasteiger partial charge in [0.15, 0.2) is 0 Å². The first-order valence-electron chi connectivity index (χ1n) is 12.5. The van der Waals surface area contributed by atoms with Gasteiger partial charge in [-0.2, -0.15) is 0 Å². The maximum Gasteiger partial charge on any atom is 0.247 e. The number of H-pyrrole nitrogens is 1. The zero-order valence-electron chi connectivity index (χ0n) is 20.1. The number of aromatic amines is 1. The molecule has 2 aromatic carbocycles. The number of halogens is 1. The minimum absolute atomic E-state index is 0.0986. The Labute approximate surface area is 214 Å². The topological polar surface area (TPSA) is 65.2 Å². The zero-order chi connectivity index (χ0) is 24.9. The van der Waals surface area contributed by atoms with Crippen LogP contribution in [0.2, 0.25) is 0 Å². The largest absolute Gasteiger partial charge is 0.361 e. The lowest BCUT2D eigenvalue weighted by atomic mass is 9.94. The van der Waals surface area contributed by atoms with Gasteiger partial charge < -0.3 is 15.2 Å². The summed E-state index contributed by atoms with van der Waals surface area (Å²) in [5.74, 6) is -0.737. The van der Waals surface area contributed by atoms with E-state index in [0.717, 1.165) is 47.0 Å². The van der Waals surface area contributed by atoms with Gasteiger partial charge in [0.05, 0.1) is 13.0 Å². The fraction of sp³-hybridized carbons (Fsp3) is 0.310. The van der Waals surface area contributed by atoms with Gasteiger partial charge in [0.2, 0.25) is 11.8 Å². The van der Waals surface area contributed by atoms with E-state index in [1.54, 1.807) is 28.4 Å². The van der Waals surface area contributed by atoms with Crippen LogP contribution in [0.5, 0.6) is 0 Å². The molecule has 0 unspecified atom stereocenters. The van der Waals surface area contributed by atoms with Gasteiger partial charge >= 0.3 is 0 Å². The van der Waals surface area contributed by atoms with Gasteiger partial charge in [-0.15, -0.1) is 11.3 Å². The molecule has 0 aliphatic heterocycles. The lowest BCUT2D eigenvalue weighted by molar-refractivity contribution is -0.141. The average Bonchev–Trinajstić information content (AvgIpc) is 3.56. The number of thiophene rings is 1. The molecule has 1 aliphatic rings. The van der Waals surface area contributed by atoms with Crippen molar-refractivity contribution in [2.75, 3.05) is 0 Å². The predicted octanol–water partition coefficient (Wildman–Crippen LogP) is 6.13. The molecule has 0 radical (unpaired) electrons. The lowest BCUT2D eigenvalue weighted by Gasteiger charge is -2.33. The van der Waals surface area contributed by atoms with E-state index in [4.69, 9.17) is 0 Å². The summed E-state index contributed by atoms with van der Waals surface area (Å²) in [6.45, 7) is 0.305. The van der Waals surface area contributed by atoms with E-state index in [1.165, 1.54) is 18.6 Å². The molecule has 0 bridgehead atoms. The second kappa shape index (κ2) is 11.1. The summed E-state index contributed by atoms with van der Waals surface area (Å²) in [5, 5.41) is 6.16. The van der Waals surface area contributed by atoms with Crippen molar-refractivity contribution >= 4 is 34.1 Å².